The van der Waals surface area contributed by atoms with Crippen LogP contribution in [0.25, 0.3) is 0 Å². The van der Waals surface area contributed by atoms with Crippen LogP contribution < -0.4 is 5.32 Å². The zero-order valence-corrected chi connectivity index (χ0v) is 11.6. The summed E-state index contributed by atoms with van der Waals surface area (Å²) in [6.07, 6.45) is 0.641. The number of amides is 2. The lowest BCUT2D eigenvalue weighted by molar-refractivity contribution is -0.137. The zero-order chi connectivity index (χ0) is 15.1. The van der Waals surface area contributed by atoms with Crippen LogP contribution in [0, 0.1) is 11.3 Å². The molecular formula is C13H14ClN3O3. The van der Waals surface area contributed by atoms with E-state index in [0.717, 1.165) is 0 Å². The minimum Gasteiger partial charge on any atom is -0.480 e. The molecule has 0 aromatic heterocycles. The molecule has 6 nitrogen and oxygen atoms in total. The third kappa shape index (κ3) is 4.44. The fourth-order valence-electron chi connectivity index (χ4n) is 1.57. The predicted octanol–water partition coefficient (Wildman–Crippen LogP) is 2.54. The third-order valence-corrected chi connectivity index (χ3v) is 2.76. The van der Waals surface area contributed by atoms with Gasteiger partial charge in [-0.15, -0.1) is 0 Å². The summed E-state index contributed by atoms with van der Waals surface area (Å²) in [4.78, 5) is 23.9. The molecule has 0 atom stereocenters. The number of carbonyl (C=O) groups is 2. The van der Waals surface area contributed by atoms with Crippen molar-refractivity contribution in [3.8, 4) is 6.07 Å². The molecule has 1 aromatic carbocycles. The molecule has 0 aliphatic rings. The molecule has 0 aliphatic carbocycles. The van der Waals surface area contributed by atoms with E-state index in [4.69, 9.17) is 22.0 Å². The molecule has 0 unspecified atom stereocenters. The molecule has 0 bridgehead atoms. The molecule has 1 rings (SSSR count). The van der Waals surface area contributed by atoms with Crippen molar-refractivity contribution in [2.45, 2.75) is 13.3 Å². The maximum atomic E-state index is 12.0. The SMILES string of the molecule is CCCN(CC(=O)O)C(=O)Nc1ccc(C#N)cc1Cl. The van der Waals surface area contributed by atoms with E-state index < -0.39 is 12.0 Å². The van der Waals surface area contributed by atoms with Crippen LogP contribution in [0.4, 0.5) is 10.5 Å². The maximum absolute atomic E-state index is 12.0. The van der Waals surface area contributed by atoms with E-state index in [9.17, 15) is 9.59 Å². The van der Waals surface area contributed by atoms with E-state index in [1.165, 1.54) is 23.1 Å². The van der Waals surface area contributed by atoms with Gasteiger partial charge in [0.15, 0.2) is 0 Å². The molecular weight excluding hydrogens is 282 g/mol. The Labute approximate surface area is 121 Å². The van der Waals surface area contributed by atoms with Crippen molar-refractivity contribution in [2.24, 2.45) is 0 Å². The van der Waals surface area contributed by atoms with Gasteiger partial charge in [0, 0.05) is 6.54 Å². The van der Waals surface area contributed by atoms with Crippen LogP contribution >= 0.6 is 11.6 Å². The number of rotatable bonds is 5. The Bertz CT molecular complexity index is 554. The van der Waals surface area contributed by atoms with Crippen molar-refractivity contribution in [3.05, 3.63) is 28.8 Å². The van der Waals surface area contributed by atoms with Gasteiger partial charge < -0.3 is 15.3 Å². The van der Waals surface area contributed by atoms with Gasteiger partial charge in [-0.1, -0.05) is 18.5 Å². The minimum atomic E-state index is -1.08. The van der Waals surface area contributed by atoms with E-state index in [-0.39, 0.29) is 11.6 Å². The van der Waals surface area contributed by atoms with Gasteiger partial charge in [0.25, 0.3) is 0 Å². The summed E-state index contributed by atoms with van der Waals surface area (Å²) >= 11 is 5.94. The number of nitrogens with zero attached hydrogens (tertiary/aromatic N) is 2. The summed E-state index contributed by atoms with van der Waals surface area (Å²) in [6.45, 7) is 1.79. The fraction of sp³-hybridized carbons (Fsp3) is 0.308. The lowest BCUT2D eigenvalue weighted by Crippen LogP contribution is -2.39. The summed E-state index contributed by atoms with van der Waals surface area (Å²) < 4.78 is 0. The summed E-state index contributed by atoms with van der Waals surface area (Å²) in [5, 5.41) is 20.2. The summed E-state index contributed by atoms with van der Waals surface area (Å²) in [5.41, 5.74) is 0.714. The van der Waals surface area contributed by atoms with E-state index in [2.05, 4.69) is 5.32 Å². The Morgan fingerprint density at radius 2 is 2.20 bits per heavy atom. The summed E-state index contributed by atoms with van der Waals surface area (Å²) in [6, 6.07) is 5.84. The average molecular weight is 296 g/mol. The van der Waals surface area contributed by atoms with E-state index in [1.54, 1.807) is 0 Å². The topological polar surface area (TPSA) is 93.4 Å². The molecule has 106 valence electrons. The van der Waals surface area contributed by atoms with Gasteiger partial charge in [-0.3, -0.25) is 4.79 Å². The molecule has 0 spiro atoms. The number of halogens is 1. The zero-order valence-electron chi connectivity index (χ0n) is 10.9. The smallest absolute Gasteiger partial charge is 0.323 e. The number of carboxylic acid groups (broad SMARTS) is 1. The number of anilines is 1. The lowest BCUT2D eigenvalue weighted by Gasteiger charge is -2.20. The summed E-state index contributed by atoms with van der Waals surface area (Å²) in [5.74, 6) is -1.08. The number of benzene rings is 1. The van der Waals surface area contributed by atoms with Crippen LogP contribution in [0.3, 0.4) is 0 Å². The highest BCUT2D eigenvalue weighted by Crippen LogP contribution is 2.23. The molecule has 0 radical (unpaired) electrons. The van der Waals surface area contributed by atoms with Crippen LogP contribution in [0.5, 0.6) is 0 Å². The second kappa shape index (κ2) is 7.36. The Kier molecular flexibility index (Phi) is 5.81. The molecule has 7 heteroatoms. The predicted molar refractivity (Wildman–Crippen MR) is 74.7 cm³/mol. The van der Waals surface area contributed by atoms with Gasteiger partial charge in [0.05, 0.1) is 22.3 Å². The first kappa shape index (κ1) is 15.8. The van der Waals surface area contributed by atoms with Crippen LogP contribution in [0.15, 0.2) is 18.2 Å². The number of nitrogens with one attached hydrogen (secondary N) is 1. The van der Waals surface area contributed by atoms with Crippen LogP contribution in [0.2, 0.25) is 5.02 Å². The van der Waals surface area contributed by atoms with E-state index in [1.807, 2.05) is 13.0 Å². The van der Waals surface area contributed by atoms with Crippen molar-refractivity contribution >= 4 is 29.3 Å². The second-order valence-corrected chi connectivity index (χ2v) is 4.46. The van der Waals surface area contributed by atoms with Gasteiger partial charge in [-0.2, -0.15) is 5.26 Å². The van der Waals surface area contributed by atoms with Crippen LogP contribution in [-0.4, -0.2) is 35.1 Å². The van der Waals surface area contributed by atoms with Gasteiger partial charge in [0.1, 0.15) is 6.54 Å². The summed E-state index contributed by atoms with van der Waals surface area (Å²) in [7, 11) is 0. The number of hydrogen-bond acceptors (Lipinski definition) is 3. The standard InChI is InChI=1S/C13H14ClN3O3/c1-2-5-17(8-12(18)19)13(20)16-11-4-3-9(7-15)6-10(11)14/h3-4,6H,2,5,8H2,1H3,(H,16,20)(H,18,19). The highest BCUT2D eigenvalue weighted by molar-refractivity contribution is 6.33. The van der Waals surface area contributed by atoms with Gasteiger partial charge in [-0.25, -0.2) is 4.79 Å². The van der Waals surface area contributed by atoms with Gasteiger partial charge >= 0.3 is 12.0 Å². The molecule has 1 aromatic rings. The fourth-order valence-corrected chi connectivity index (χ4v) is 1.79. The van der Waals surface area contributed by atoms with Crippen molar-refractivity contribution < 1.29 is 14.7 Å². The number of urea groups is 1. The van der Waals surface area contributed by atoms with Gasteiger partial charge in [0.2, 0.25) is 0 Å². The minimum absolute atomic E-state index is 0.226. The highest BCUT2D eigenvalue weighted by atomic mass is 35.5. The largest absolute Gasteiger partial charge is 0.480 e. The number of hydrogen-bond donors (Lipinski definition) is 2. The van der Waals surface area contributed by atoms with Crippen LogP contribution in [0.1, 0.15) is 18.9 Å². The molecule has 0 fully saturated rings. The van der Waals surface area contributed by atoms with Crippen molar-refractivity contribution in [3.63, 3.8) is 0 Å². The molecule has 0 saturated heterocycles. The van der Waals surface area contributed by atoms with Gasteiger partial charge in [-0.05, 0) is 24.6 Å². The van der Waals surface area contributed by atoms with Crippen molar-refractivity contribution in [2.75, 3.05) is 18.4 Å². The molecule has 0 aliphatic heterocycles. The molecule has 2 amide bonds. The molecule has 0 saturated carbocycles. The first-order chi connectivity index (χ1) is 9.47. The first-order valence-corrected chi connectivity index (χ1v) is 6.33. The maximum Gasteiger partial charge on any atom is 0.323 e. The van der Waals surface area contributed by atoms with E-state index >= 15 is 0 Å². The molecule has 0 heterocycles. The van der Waals surface area contributed by atoms with Crippen molar-refractivity contribution in [1.29, 1.82) is 5.26 Å². The second-order valence-electron chi connectivity index (χ2n) is 4.05. The normalized spacial score (nSPS) is 9.65. The monoisotopic (exact) mass is 295 g/mol. The van der Waals surface area contributed by atoms with Crippen LogP contribution in [-0.2, 0) is 4.79 Å². The number of carbonyl (C=O) groups excluding carboxylic acids is 1. The van der Waals surface area contributed by atoms with Crippen molar-refractivity contribution in [1.82, 2.24) is 4.90 Å². The molecule has 20 heavy (non-hydrogen) atoms. The number of nitriles is 1. The van der Waals surface area contributed by atoms with E-state index in [0.29, 0.717) is 24.2 Å². The first-order valence-electron chi connectivity index (χ1n) is 5.95. The number of aliphatic carboxylic acids is 1. The Balaban J connectivity index is 2.82. The average Bonchev–Trinajstić information content (AvgIpc) is 2.40. The lowest BCUT2D eigenvalue weighted by atomic mass is 10.2. The highest BCUT2D eigenvalue weighted by Gasteiger charge is 2.16. The number of carboxylic acids is 1. The quantitative estimate of drug-likeness (QED) is 0.873. The Morgan fingerprint density at radius 1 is 1.50 bits per heavy atom. The molecule has 2 N–H and O–H groups in total. The Hall–Kier alpha value is -2.26. The third-order valence-electron chi connectivity index (χ3n) is 2.45. The Morgan fingerprint density at radius 3 is 2.70 bits per heavy atom.